The van der Waals surface area contributed by atoms with Gasteiger partial charge in [0.2, 0.25) is 0 Å². The Balaban J connectivity index is 3.45. The summed E-state index contributed by atoms with van der Waals surface area (Å²) in [5.41, 5.74) is 0. The van der Waals surface area contributed by atoms with E-state index in [-0.39, 0.29) is 11.9 Å². The molecule has 2 heteroatoms. The van der Waals surface area contributed by atoms with E-state index in [1.165, 1.54) is 70.6 Å². The van der Waals surface area contributed by atoms with Crippen molar-refractivity contribution in [3.63, 3.8) is 0 Å². The molecule has 0 N–H and O–H groups in total. The molecule has 0 saturated heterocycles. The quantitative estimate of drug-likeness (QED) is 0.131. The molecule has 0 aliphatic heterocycles. The minimum Gasteiger partial charge on any atom is -0.465 e. The van der Waals surface area contributed by atoms with Crippen LogP contribution in [0.2, 0.25) is 0 Å². The molecule has 2 nitrogen and oxygen atoms in total. The Labute approximate surface area is 164 Å². The lowest BCUT2D eigenvalue weighted by Crippen LogP contribution is -2.17. The molecular weight excluding hydrogens is 320 g/mol. The van der Waals surface area contributed by atoms with E-state index < -0.39 is 0 Å². The van der Waals surface area contributed by atoms with E-state index in [9.17, 15) is 4.79 Å². The predicted octanol–water partition coefficient (Wildman–Crippen LogP) is 8.00. The molecule has 0 aromatic carbocycles. The van der Waals surface area contributed by atoms with Crippen LogP contribution in [0, 0.1) is 5.92 Å². The first-order valence-electron chi connectivity index (χ1n) is 11.6. The van der Waals surface area contributed by atoms with Gasteiger partial charge in [-0.1, -0.05) is 90.7 Å². The fourth-order valence-electron chi connectivity index (χ4n) is 3.21. The van der Waals surface area contributed by atoms with Crippen LogP contribution in [0.3, 0.4) is 0 Å². The number of carbonyl (C=O) groups excluding carboxylic acids is 1. The summed E-state index contributed by atoms with van der Waals surface area (Å²) in [5, 5.41) is 0. The number of esters is 1. The maximum absolute atomic E-state index is 12.0. The topological polar surface area (TPSA) is 26.3 Å². The van der Waals surface area contributed by atoms with Crippen molar-refractivity contribution in [1.82, 2.24) is 0 Å². The lowest BCUT2D eigenvalue weighted by molar-refractivity contribution is -0.149. The van der Waals surface area contributed by atoms with Crippen molar-refractivity contribution in [3.8, 4) is 0 Å². The third-order valence-electron chi connectivity index (χ3n) is 5.13. The number of hydrogen-bond acceptors (Lipinski definition) is 2. The number of unbranched alkanes of at least 4 members (excludes halogenated alkanes) is 11. The summed E-state index contributed by atoms with van der Waals surface area (Å²) in [7, 11) is 0. The van der Waals surface area contributed by atoms with Crippen molar-refractivity contribution in [2.75, 3.05) is 6.61 Å². The molecular formula is C24H46O2. The number of ether oxygens (including phenoxy) is 1. The first-order chi connectivity index (χ1) is 12.8. The second kappa shape index (κ2) is 20.5. The third-order valence-corrected chi connectivity index (χ3v) is 5.13. The molecule has 0 rings (SSSR count). The average Bonchev–Trinajstić information content (AvgIpc) is 2.65. The van der Waals surface area contributed by atoms with Gasteiger partial charge in [-0.25, -0.2) is 0 Å². The second-order valence-corrected chi connectivity index (χ2v) is 7.65. The van der Waals surface area contributed by atoms with Gasteiger partial charge in [-0.05, 0) is 44.9 Å². The normalized spacial score (nSPS) is 12.6. The molecule has 26 heavy (non-hydrogen) atoms. The predicted molar refractivity (Wildman–Crippen MR) is 114 cm³/mol. The van der Waals surface area contributed by atoms with Crippen LogP contribution in [0.4, 0.5) is 0 Å². The molecule has 0 amide bonds. The zero-order chi connectivity index (χ0) is 19.3. The summed E-state index contributed by atoms with van der Waals surface area (Å²) in [4.78, 5) is 12.0. The van der Waals surface area contributed by atoms with Crippen molar-refractivity contribution in [2.24, 2.45) is 5.92 Å². The fraction of sp³-hybridized carbons (Fsp3) is 0.875. The average molecular weight is 367 g/mol. The number of rotatable bonds is 19. The lowest BCUT2D eigenvalue weighted by Gasteiger charge is -2.13. The van der Waals surface area contributed by atoms with Crippen LogP contribution in [0.1, 0.15) is 124 Å². The Morgan fingerprint density at radius 1 is 0.731 bits per heavy atom. The fourth-order valence-corrected chi connectivity index (χ4v) is 3.21. The maximum Gasteiger partial charge on any atom is 0.308 e. The van der Waals surface area contributed by atoms with Crippen molar-refractivity contribution >= 4 is 5.97 Å². The van der Waals surface area contributed by atoms with Crippen molar-refractivity contribution < 1.29 is 9.53 Å². The van der Waals surface area contributed by atoms with Crippen LogP contribution in [-0.2, 0) is 9.53 Å². The summed E-state index contributed by atoms with van der Waals surface area (Å²) in [6.07, 6.45) is 24.4. The van der Waals surface area contributed by atoms with Crippen LogP contribution in [-0.4, -0.2) is 12.6 Å². The van der Waals surface area contributed by atoms with Crippen LogP contribution in [0.25, 0.3) is 0 Å². The van der Waals surface area contributed by atoms with E-state index in [1.807, 2.05) is 0 Å². The molecule has 0 heterocycles. The Morgan fingerprint density at radius 3 is 1.85 bits per heavy atom. The summed E-state index contributed by atoms with van der Waals surface area (Å²) in [6, 6.07) is 0. The molecule has 1 unspecified atom stereocenters. The van der Waals surface area contributed by atoms with E-state index in [4.69, 9.17) is 4.74 Å². The SMILES string of the molecule is CCCCCCCC/C=C\CCCCCCC(CC)C(=O)OCCCC. The molecule has 0 radical (unpaired) electrons. The van der Waals surface area contributed by atoms with Crippen LogP contribution in [0.5, 0.6) is 0 Å². The van der Waals surface area contributed by atoms with Crippen LogP contribution < -0.4 is 0 Å². The standard InChI is InChI=1S/C24H46O2/c1-4-7-9-10-11-12-13-14-15-16-17-18-19-20-21-23(6-3)24(25)26-22-8-5-2/h14-15,23H,4-13,16-22H2,1-3H3/b15-14-. The van der Waals surface area contributed by atoms with E-state index in [1.54, 1.807) is 0 Å². The molecule has 0 aliphatic carbocycles. The van der Waals surface area contributed by atoms with Gasteiger partial charge < -0.3 is 4.74 Å². The Morgan fingerprint density at radius 2 is 1.27 bits per heavy atom. The zero-order valence-electron chi connectivity index (χ0n) is 18.1. The van der Waals surface area contributed by atoms with Gasteiger partial charge in [0.05, 0.1) is 12.5 Å². The Hall–Kier alpha value is -0.790. The van der Waals surface area contributed by atoms with E-state index in [2.05, 4.69) is 32.9 Å². The first kappa shape index (κ1) is 25.2. The molecule has 154 valence electrons. The van der Waals surface area contributed by atoms with Crippen molar-refractivity contribution in [1.29, 1.82) is 0 Å². The molecule has 0 saturated carbocycles. The van der Waals surface area contributed by atoms with Gasteiger partial charge in [0.1, 0.15) is 0 Å². The highest BCUT2D eigenvalue weighted by Gasteiger charge is 2.17. The van der Waals surface area contributed by atoms with Crippen molar-refractivity contribution in [3.05, 3.63) is 12.2 Å². The zero-order valence-corrected chi connectivity index (χ0v) is 18.1. The molecule has 0 spiro atoms. The minimum absolute atomic E-state index is 0.0265. The number of allylic oxidation sites excluding steroid dienone is 2. The Bertz CT molecular complexity index is 322. The third kappa shape index (κ3) is 16.7. The molecule has 0 aromatic heterocycles. The molecule has 0 fully saturated rings. The van der Waals surface area contributed by atoms with Gasteiger partial charge in [-0.2, -0.15) is 0 Å². The van der Waals surface area contributed by atoms with Gasteiger partial charge in [0.15, 0.2) is 0 Å². The summed E-state index contributed by atoms with van der Waals surface area (Å²) in [6.45, 7) is 7.08. The van der Waals surface area contributed by atoms with Crippen LogP contribution in [0.15, 0.2) is 12.2 Å². The Kier molecular flexibility index (Phi) is 19.9. The number of hydrogen-bond donors (Lipinski definition) is 0. The van der Waals surface area contributed by atoms with Gasteiger partial charge in [0.25, 0.3) is 0 Å². The van der Waals surface area contributed by atoms with Gasteiger partial charge >= 0.3 is 5.97 Å². The van der Waals surface area contributed by atoms with E-state index >= 15 is 0 Å². The first-order valence-corrected chi connectivity index (χ1v) is 11.6. The summed E-state index contributed by atoms with van der Waals surface area (Å²) >= 11 is 0. The molecule has 1 atom stereocenters. The largest absolute Gasteiger partial charge is 0.465 e. The van der Waals surface area contributed by atoms with Crippen LogP contribution >= 0.6 is 0 Å². The van der Waals surface area contributed by atoms with E-state index in [0.717, 1.165) is 32.1 Å². The lowest BCUT2D eigenvalue weighted by atomic mass is 9.98. The van der Waals surface area contributed by atoms with Gasteiger partial charge in [-0.3, -0.25) is 4.79 Å². The second-order valence-electron chi connectivity index (χ2n) is 7.65. The van der Waals surface area contributed by atoms with E-state index in [0.29, 0.717) is 6.61 Å². The highest BCUT2D eigenvalue weighted by molar-refractivity contribution is 5.72. The minimum atomic E-state index is 0.0265. The smallest absolute Gasteiger partial charge is 0.308 e. The van der Waals surface area contributed by atoms with Gasteiger partial charge in [0, 0.05) is 0 Å². The highest BCUT2D eigenvalue weighted by Crippen LogP contribution is 2.17. The highest BCUT2D eigenvalue weighted by atomic mass is 16.5. The summed E-state index contributed by atoms with van der Waals surface area (Å²) in [5.74, 6) is 0.141. The molecule has 0 bridgehead atoms. The maximum atomic E-state index is 12.0. The molecule has 0 aromatic rings. The monoisotopic (exact) mass is 366 g/mol. The van der Waals surface area contributed by atoms with Gasteiger partial charge in [-0.15, -0.1) is 0 Å². The number of carbonyl (C=O) groups is 1. The summed E-state index contributed by atoms with van der Waals surface area (Å²) < 4.78 is 5.36. The van der Waals surface area contributed by atoms with Crippen molar-refractivity contribution in [2.45, 2.75) is 124 Å². The molecule has 0 aliphatic rings.